The molecule has 0 fully saturated rings. The van der Waals surface area contributed by atoms with E-state index in [0.29, 0.717) is 21.7 Å². The van der Waals surface area contributed by atoms with Crippen molar-refractivity contribution in [1.82, 2.24) is 15.6 Å². The first-order chi connectivity index (χ1) is 10.5. The number of aromatic nitrogens is 1. The Kier molecular flexibility index (Phi) is 5.89. The van der Waals surface area contributed by atoms with Crippen LogP contribution in [0.5, 0.6) is 0 Å². The molecule has 0 aliphatic heterocycles. The number of halogens is 3. The quantitative estimate of drug-likeness (QED) is 0.785. The van der Waals surface area contributed by atoms with E-state index in [2.05, 4.69) is 15.6 Å². The summed E-state index contributed by atoms with van der Waals surface area (Å²) >= 11 is 17.7. The number of nitrogens with one attached hydrogen (secondary N) is 2. The van der Waals surface area contributed by atoms with Gasteiger partial charge in [-0.25, -0.2) is 9.78 Å². The van der Waals surface area contributed by atoms with Gasteiger partial charge < -0.3 is 10.6 Å². The van der Waals surface area contributed by atoms with Crippen molar-refractivity contribution in [2.24, 2.45) is 0 Å². The van der Waals surface area contributed by atoms with Gasteiger partial charge in [0, 0.05) is 22.8 Å². The molecule has 0 aliphatic carbocycles. The molecule has 1 unspecified atom stereocenters. The SMILES string of the molecule is CC(NC(=O)NCc1ccc(Cl)nc1)c1ccc(Cl)cc1Cl. The Balaban J connectivity index is 1.89. The monoisotopic (exact) mass is 357 g/mol. The van der Waals surface area contributed by atoms with Crippen molar-refractivity contribution in [1.29, 1.82) is 0 Å². The summed E-state index contributed by atoms with van der Waals surface area (Å²) in [4.78, 5) is 15.9. The van der Waals surface area contributed by atoms with Crippen LogP contribution in [-0.4, -0.2) is 11.0 Å². The van der Waals surface area contributed by atoms with Crippen LogP contribution in [0, 0.1) is 0 Å². The first kappa shape index (κ1) is 16.9. The number of carbonyl (C=O) groups is 1. The van der Waals surface area contributed by atoms with Crippen molar-refractivity contribution in [3.8, 4) is 0 Å². The van der Waals surface area contributed by atoms with Crippen molar-refractivity contribution in [2.45, 2.75) is 19.5 Å². The van der Waals surface area contributed by atoms with E-state index in [4.69, 9.17) is 34.8 Å². The predicted molar refractivity (Wildman–Crippen MR) is 89.5 cm³/mol. The Bertz CT molecular complexity index is 662. The highest BCUT2D eigenvalue weighted by molar-refractivity contribution is 6.35. The van der Waals surface area contributed by atoms with E-state index in [1.807, 2.05) is 6.92 Å². The molecular weight excluding hydrogens is 345 g/mol. The number of rotatable bonds is 4. The maximum atomic E-state index is 11.9. The fraction of sp³-hybridized carbons (Fsp3) is 0.200. The van der Waals surface area contributed by atoms with Crippen molar-refractivity contribution in [2.75, 3.05) is 0 Å². The van der Waals surface area contributed by atoms with E-state index >= 15 is 0 Å². The van der Waals surface area contributed by atoms with Crippen LogP contribution in [0.1, 0.15) is 24.1 Å². The van der Waals surface area contributed by atoms with Gasteiger partial charge in [0.1, 0.15) is 5.15 Å². The molecule has 4 nitrogen and oxygen atoms in total. The molecule has 22 heavy (non-hydrogen) atoms. The summed E-state index contributed by atoms with van der Waals surface area (Å²) in [6, 6.07) is 8.11. The van der Waals surface area contributed by atoms with E-state index in [0.717, 1.165) is 11.1 Å². The summed E-state index contributed by atoms with van der Waals surface area (Å²) in [5.41, 5.74) is 1.66. The van der Waals surface area contributed by atoms with Gasteiger partial charge in [-0.3, -0.25) is 0 Å². The van der Waals surface area contributed by atoms with Crippen LogP contribution in [-0.2, 0) is 6.54 Å². The maximum absolute atomic E-state index is 11.9. The van der Waals surface area contributed by atoms with Gasteiger partial charge in [-0.1, -0.05) is 46.9 Å². The summed E-state index contributed by atoms with van der Waals surface area (Å²) < 4.78 is 0. The maximum Gasteiger partial charge on any atom is 0.315 e. The van der Waals surface area contributed by atoms with Crippen LogP contribution in [0.25, 0.3) is 0 Å². The predicted octanol–water partition coefficient (Wildman–Crippen LogP) is 4.60. The molecule has 0 aliphatic rings. The number of benzene rings is 1. The number of amides is 2. The minimum Gasteiger partial charge on any atom is -0.334 e. The van der Waals surface area contributed by atoms with Crippen LogP contribution >= 0.6 is 34.8 Å². The Hall–Kier alpha value is -1.49. The molecule has 0 saturated heterocycles. The van der Waals surface area contributed by atoms with Gasteiger partial charge in [0.15, 0.2) is 0 Å². The Morgan fingerprint density at radius 3 is 2.64 bits per heavy atom. The first-order valence-corrected chi connectivity index (χ1v) is 7.69. The van der Waals surface area contributed by atoms with Gasteiger partial charge in [-0.2, -0.15) is 0 Å². The van der Waals surface area contributed by atoms with Crippen LogP contribution in [0.15, 0.2) is 36.5 Å². The van der Waals surface area contributed by atoms with E-state index in [1.165, 1.54) is 0 Å². The van der Waals surface area contributed by atoms with E-state index < -0.39 is 0 Å². The van der Waals surface area contributed by atoms with Crippen LogP contribution in [0.3, 0.4) is 0 Å². The molecule has 1 aromatic carbocycles. The van der Waals surface area contributed by atoms with E-state index in [9.17, 15) is 4.79 Å². The zero-order valence-electron chi connectivity index (χ0n) is 11.7. The second kappa shape index (κ2) is 7.68. The molecular formula is C15H14Cl3N3O. The Morgan fingerprint density at radius 2 is 2.00 bits per heavy atom. The van der Waals surface area contributed by atoms with E-state index in [1.54, 1.807) is 36.5 Å². The number of carbonyl (C=O) groups excluding carboxylic acids is 1. The highest BCUT2D eigenvalue weighted by Crippen LogP contribution is 2.25. The lowest BCUT2D eigenvalue weighted by Crippen LogP contribution is -2.36. The standard InChI is InChI=1S/C15H14Cl3N3O/c1-9(12-4-3-11(16)6-13(12)17)21-15(22)20-8-10-2-5-14(18)19-7-10/h2-7,9H,8H2,1H3,(H2,20,21,22). The minimum absolute atomic E-state index is 0.242. The second-order valence-corrected chi connectivity index (χ2v) is 5.93. The lowest BCUT2D eigenvalue weighted by molar-refractivity contribution is 0.237. The lowest BCUT2D eigenvalue weighted by Gasteiger charge is -2.16. The van der Waals surface area contributed by atoms with Crippen molar-refractivity contribution in [3.05, 3.63) is 62.9 Å². The van der Waals surface area contributed by atoms with Gasteiger partial charge in [0.2, 0.25) is 0 Å². The summed E-state index contributed by atoms with van der Waals surface area (Å²) in [5.74, 6) is 0. The highest BCUT2D eigenvalue weighted by atomic mass is 35.5. The van der Waals surface area contributed by atoms with Crippen molar-refractivity contribution >= 4 is 40.8 Å². The summed E-state index contributed by atoms with van der Waals surface area (Å²) in [7, 11) is 0. The zero-order valence-corrected chi connectivity index (χ0v) is 14.0. The van der Waals surface area contributed by atoms with E-state index in [-0.39, 0.29) is 12.1 Å². The molecule has 1 aromatic heterocycles. The Morgan fingerprint density at radius 1 is 1.23 bits per heavy atom. The number of nitrogens with zero attached hydrogens (tertiary/aromatic N) is 1. The molecule has 7 heteroatoms. The van der Waals surface area contributed by atoms with Crippen LogP contribution in [0.2, 0.25) is 15.2 Å². The minimum atomic E-state index is -0.298. The van der Waals surface area contributed by atoms with Crippen molar-refractivity contribution < 1.29 is 4.79 Å². The normalized spacial score (nSPS) is 11.8. The van der Waals surface area contributed by atoms with Gasteiger partial charge >= 0.3 is 6.03 Å². The molecule has 2 aromatic rings. The number of pyridine rings is 1. The third-order valence-electron chi connectivity index (χ3n) is 3.02. The number of urea groups is 1. The van der Waals surface area contributed by atoms with Crippen molar-refractivity contribution in [3.63, 3.8) is 0 Å². The molecule has 116 valence electrons. The Labute approximate surface area is 143 Å². The molecule has 2 amide bonds. The van der Waals surface area contributed by atoms with Gasteiger partial charge in [0.05, 0.1) is 6.04 Å². The molecule has 2 N–H and O–H groups in total. The number of hydrogen-bond acceptors (Lipinski definition) is 2. The zero-order chi connectivity index (χ0) is 16.1. The molecule has 1 heterocycles. The number of hydrogen-bond donors (Lipinski definition) is 2. The van der Waals surface area contributed by atoms with Crippen LogP contribution in [0.4, 0.5) is 4.79 Å². The third-order valence-corrected chi connectivity index (χ3v) is 3.80. The lowest BCUT2D eigenvalue weighted by atomic mass is 10.1. The average molecular weight is 359 g/mol. The summed E-state index contributed by atoms with van der Waals surface area (Å²) in [5, 5.41) is 7.05. The van der Waals surface area contributed by atoms with Gasteiger partial charge in [0.25, 0.3) is 0 Å². The molecule has 1 atom stereocenters. The molecule has 0 bridgehead atoms. The fourth-order valence-electron chi connectivity index (χ4n) is 1.87. The molecule has 2 rings (SSSR count). The molecule has 0 spiro atoms. The van der Waals surface area contributed by atoms with Gasteiger partial charge in [-0.05, 0) is 36.2 Å². The van der Waals surface area contributed by atoms with Gasteiger partial charge in [-0.15, -0.1) is 0 Å². The van der Waals surface area contributed by atoms with Crippen LogP contribution < -0.4 is 10.6 Å². The molecule has 0 radical (unpaired) electrons. The second-order valence-electron chi connectivity index (χ2n) is 4.70. The first-order valence-electron chi connectivity index (χ1n) is 6.55. The largest absolute Gasteiger partial charge is 0.334 e. The topological polar surface area (TPSA) is 54.0 Å². The molecule has 0 saturated carbocycles. The highest BCUT2D eigenvalue weighted by Gasteiger charge is 2.12. The fourth-order valence-corrected chi connectivity index (χ4v) is 2.56. The summed E-state index contributed by atoms with van der Waals surface area (Å²) in [6.45, 7) is 2.20. The third kappa shape index (κ3) is 4.77. The smallest absolute Gasteiger partial charge is 0.315 e. The summed E-state index contributed by atoms with van der Waals surface area (Å²) in [6.07, 6.45) is 1.61. The average Bonchev–Trinajstić information content (AvgIpc) is 2.46.